The zero-order chi connectivity index (χ0) is 23.8. The average Bonchev–Trinajstić information content (AvgIpc) is 2.95. The van der Waals surface area contributed by atoms with Crippen molar-refractivity contribution in [2.24, 2.45) is 5.92 Å². The van der Waals surface area contributed by atoms with Crippen molar-refractivity contribution in [3.05, 3.63) is 54.4 Å². The van der Waals surface area contributed by atoms with Gasteiger partial charge in [0.15, 0.2) is 0 Å². The molecule has 0 aliphatic carbocycles. The third-order valence-electron chi connectivity index (χ3n) is 6.16. The van der Waals surface area contributed by atoms with Crippen molar-refractivity contribution in [3.63, 3.8) is 0 Å². The van der Waals surface area contributed by atoms with Crippen LogP contribution in [-0.2, 0) is 4.79 Å². The summed E-state index contributed by atoms with van der Waals surface area (Å²) in [4.78, 5) is 33.9. The number of piperidine rings is 1. The van der Waals surface area contributed by atoms with Crippen molar-refractivity contribution in [3.8, 4) is 0 Å². The molecule has 0 bridgehead atoms. The van der Waals surface area contributed by atoms with Crippen LogP contribution in [0.15, 0.2) is 53.7 Å². The number of carbonyl (C=O) groups excluding carboxylic acids is 2. The van der Waals surface area contributed by atoms with Crippen molar-refractivity contribution in [2.45, 2.75) is 48.7 Å². The van der Waals surface area contributed by atoms with Gasteiger partial charge in [-0.05, 0) is 92.9 Å². The highest BCUT2D eigenvalue weighted by Gasteiger charge is 2.55. The number of anilines is 1. The van der Waals surface area contributed by atoms with Gasteiger partial charge in [0, 0.05) is 23.8 Å². The number of amides is 3. The van der Waals surface area contributed by atoms with Crippen LogP contribution in [0, 0.1) is 5.92 Å². The largest absolute Gasteiger partial charge is 0.446 e. The van der Waals surface area contributed by atoms with E-state index in [1.165, 1.54) is 24.3 Å². The average molecular weight is 479 g/mol. The van der Waals surface area contributed by atoms with Gasteiger partial charge >= 0.3 is 11.5 Å². The van der Waals surface area contributed by atoms with Gasteiger partial charge in [0.05, 0.1) is 11.7 Å². The molecule has 1 N–H and O–H groups in total. The summed E-state index contributed by atoms with van der Waals surface area (Å²) < 4.78 is 38.0. The summed E-state index contributed by atoms with van der Waals surface area (Å²) in [6.07, 6.45) is 5.20. The van der Waals surface area contributed by atoms with Gasteiger partial charge in [-0.3, -0.25) is 9.78 Å². The lowest BCUT2D eigenvalue weighted by Gasteiger charge is -2.41. The quantitative estimate of drug-likeness (QED) is 0.485. The maximum atomic E-state index is 13.7. The lowest BCUT2D eigenvalue weighted by molar-refractivity contribution is -0.124. The third kappa shape index (κ3) is 4.72. The summed E-state index contributed by atoms with van der Waals surface area (Å²) in [6, 6.07) is 8.20. The van der Waals surface area contributed by atoms with Gasteiger partial charge in [0.2, 0.25) is 0 Å². The maximum absolute atomic E-state index is 13.7. The van der Waals surface area contributed by atoms with E-state index in [2.05, 4.69) is 10.3 Å². The molecule has 2 fully saturated rings. The monoisotopic (exact) mass is 478 g/mol. The number of carbonyl (C=O) groups is 2. The number of imide groups is 1. The zero-order valence-electron chi connectivity index (χ0n) is 18.3. The van der Waals surface area contributed by atoms with Gasteiger partial charge in [-0.25, -0.2) is 9.69 Å². The molecule has 3 heterocycles. The van der Waals surface area contributed by atoms with E-state index >= 15 is 0 Å². The van der Waals surface area contributed by atoms with E-state index in [0.717, 1.165) is 29.8 Å². The first kappa shape index (κ1) is 23.6. The number of aromatic nitrogens is 1. The predicted octanol–water partition coefficient (Wildman–Crippen LogP) is 4.98. The van der Waals surface area contributed by atoms with E-state index in [1.54, 1.807) is 31.1 Å². The highest BCUT2D eigenvalue weighted by Crippen LogP contribution is 2.44. The smallest absolute Gasteiger partial charge is 0.316 e. The molecule has 176 valence electrons. The van der Waals surface area contributed by atoms with Crippen LogP contribution in [0.2, 0.25) is 0 Å². The Bertz CT molecular complexity index is 1010. The van der Waals surface area contributed by atoms with Crippen molar-refractivity contribution >= 4 is 29.4 Å². The van der Waals surface area contributed by atoms with Crippen LogP contribution in [-0.4, -0.2) is 46.0 Å². The first-order chi connectivity index (χ1) is 15.6. The van der Waals surface area contributed by atoms with E-state index in [9.17, 15) is 22.8 Å². The van der Waals surface area contributed by atoms with E-state index in [4.69, 9.17) is 0 Å². The Hall–Kier alpha value is -2.59. The molecule has 2 unspecified atom stereocenters. The molecular weight excluding hydrogens is 453 g/mol. The molecule has 2 aliphatic rings. The highest BCUT2D eigenvalue weighted by atomic mass is 32.2. The number of hydrogen-bond acceptors (Lipinski definition) is 5. The normalized spacial score (nSPS) is 22.0. The molecule has 10 heteroatoms. The number of urea groups is 1. The molecule has 2 atom stereocenters. The molecule has 1 aromatic heterocycles. The minimum atomic E-state index is -4.41. The fourth-order valence-electron chi connectivity index (χ4n) is 4.64. The molecule has 6 nitrogen and oxygen atoms in total. The summed E-state index contributed by atoms with van der Waals surface area (Å²) in [6.45, 7) is 5.05. The van der Waals surface area contributed by atoms with Crippen LogP contribution in [0.25, 0.3) is 0 Å². The Morgan fingerprint density at radius 2 is 1.79 bits per heavy atom. The second-order valence-electron chi connectivity index (χ2n) is 8.73. The summed E-state index contributed by atoms with van der Waals surface area (Å²) in [5.74, 6) is -0.311. The number of alkyl halides is 3. The Labute approximate surface area is 194 Å². The number of nitrogens with zero attached hydrogens (tertiary/aromatic N) is 3. The van der Waals surface area contributed by atoms with Crippen LogP contribution in [0.4, 0.5) is 23.7 Å². The van der Waals surface area contributed by atoms with Crippen LogP contribution in [0.1, 0.15) is 38.3 Å². The maximum Gasteiger partial charge on any atom is 0.446 e. The lowest BCUT2D eigenvalue weighted by atomic mass is 9.84. The molecule has 4 rings (SSSR count). The minimum absolute atomic E-state index is 0.00981. The summed E-state index contributed by atoms with van der Waals surface area (Å²) in [5.41, 5.74) is -4.40. The SMILES string of the molecule is CC1(C)C(=O)N(c2ccc(SC(F)(F)F)cc2)C(=O)N1C(c1ccncc1)C1CCCNC1. The van der Waals surface area contributed by atoms with Gasteiger partial charge in [0.1, 0.15) is 5.54 Å². The molecule has 33 heavy (non-hydrogen) atoms. The van der Waals surface area contributed by atoms with Crippen LogP contribution >= 0.6 is 11.8 Å². The van der Waals surface area contributed by atoms with Crippen molar-refractivity contribution in [2.75, 3.05) is 18.0 Å². The third-order valence-corrected chi connectivity index (χ3v) is 6.90. The second-order valence-corrected chi connectivity index (χ2v) is 9.86. The summed E-state index contributed by atoms with van der Waals surface area (Å²) in [7, 11) is 0. The molecule has 2 aromatic rings. The molecule has 0 spiro atoms. The number of hydrogen-bond donors (Lipinski definition) is 1. The molecule has 3 amide bonds. The van der Waals surface area contributed by atoms with Gasteiger partial charge in [-0.2, -0.15) is 13.2 Å². The highest BCUT2D eigenvalue weighted by molar-refractivity contribution is 8.00. The zero-order valence-corrected chi connectivity index (χ0v) is 19.1. The molecule has 1 aromatic carbocycles. The lowest BCUT2D eigenvalue weighted by Crippen LogP contribution is -2.50. The predicted molar refractivity (Wildman–Crippen MR) is 120 cm³/mol. The van der Waals surface area contributed by atoms with Crippen LogP contribution in [0.3, 0.4) is 0 Å². The van der Waals surface area contributed by atoms with E-state index in [-0.39, 0.29) is 34.3 Å². The second kappa shape index (κ2) is 8.98. The minimum Gasteiger partial charge on any atom is -0.316 e. The number of thioether (sulfide) groups is 1. The summed E-state index contributed by atoms with van der Waals surface area (Å²) >= 11 is -0.237. The number of rotatable bonds is 5. The topological polar surface area (TPSA) is 65.5 Å². The number of nitrogens with one attached hydrogen (secondary N) is 1. The van der Waals surface area contributed by atoms with Crippen molar-refractivity contribution < 1.29 is 22.8 Å². The summed E-state index contributed by atoms with van der Waals surface area (Å²) in [5, 5.41) is 3.38. The van der Waals surface area contributed by atoms with E-state index in [1.807, 2.05) is 12.1 Å². The van der Waals surface area contributed by atoms with E-state index < -0.39 is 23.0 Å². The van der Waals surface area contributed by atoms with Gasteiger partial charge in [-0.15, -0.1) is 0 Å². The van der Waals surface area contributed by atoms with Gasteiger partial charge in [0.25, 0.3) is 5.91 Å². The Kier molecular flexibility index (Phi) is 6.41. The Morgan fingerprint density at radius 1 is 1.12 bits per heavy atom. The molecule has 0 saturated carbocycles. The first-order valence-corrected chi connectivity index (χ1v) is 11.6. The number of benzene rings is 1. The Morgan fingerprint density at radius 3 is 2.36 bits per heavy atom. The van der Waals surface area contributed by atoms with Gasteiger partial charge in [-0.1, -0.05) is 0 Å². The standard InChI is InChI=1S/C23H25F3N4O2S/c1-22(2)20(31)29(17-5-7-18(8-6-17)33-23(24,25)26)21(32)30(22)19(15-9-12-27-13-10-15)16-4-3-11-28-14-16/h5-10,12-13,16,19,28H,3-4,11,14H2,1-2H3. The fraction of sp³-hybridized carbons (Fsp3) is 0.435. The van der Waals surface area contributed by atoms with Gasteiger partial charge < -0.3 is 10.2 Å². The van der Waals surface area contributed by atoms with Crippen molar-refractivity contribution in [1.82, 2.24) is 15.2 Å². The molecule has 2 saturated heterocycles. The first-order valence-electron chi connectivity index (χ1n) is 10.7. The fourth-order valence-corrected chi connectivity index (χ4v) is 5.18. The molecule has 0 radical (unpaired) electrons. The number of halogens is 3. The van der Waals surface area contributed by atoms with Crippen molar-refractivity contribution in [1.29, 1.82) is 0 Å². The molecular formula is C23H25F3N4O2S. The Balaban J connectivity index is 1.70. The van der Waals surface area contributed by atoms with Crippen LogP contribution in [0.5, 0.6) is 0 Å². The van der Waals surface area contributed by atoms with E-state index in [0.29, 0.717) is 6.54 Å². The van der Waals surface area contributed by atoms with Crippen LogP contribution < -0.4 is 10.2 Å². The number of pyridine rings is 1. The molecule has 2 aliphatic heterocycles.